The van der Waals surface area contributed by atoms with Crippen LogP contribution in [0.25, 0.3) is 22.2 Å². The van der Waals surface area contributed by atoms with Crippen molar-refractivity contribution in [2.75, 3.05) is 0 Å². The van der Waals surface area contributed by atoms with Gasteiger partial charge in [0.1, 0.15) is 17.5 Å². The molecule has 4 nitrogen and oxygen atoms in total. The van der Waals surface area contributed by atoms with Gasteiger partial charge in [0.15, 0.2) is 5.58 Å². The fraction of sp³-hybridized carbons (Fsp3) is 0. The van der Waals surface area contributed by atoms with E-state index < -0.39 is 5.97 Å². The van der Waals surface area contributed by atoms with Gasteiger partial charge in [-0.3, -0.25) is 0 Å². The number of carboxylic acid groups (broad SMARTS) is 1. The SMILES string of the molecule is O=C(O)c1[nH]c2c(Br)coc2c1-c1cc(Cl)cc(Cl)c1. The number of rotatable bonds is 2. The molecule has 2 N–H and O–H groups in total. The highest BCUT2D eigenvalue weighted by molar-refractivity contribution is 9.10. The molecule has 20 heavy (non-hydrogen) atoms. The number of fused-ring (bicyclic) bond motifs is 1. The van der Waals surface area contributed by atoms with Crippen LogP contribution in [0, 0.1) is 0 Å². The van der Waals surface area contributed by atoms with Crippen LogP contribution in [-0.4, -0.2) is 16.1 Å². The molecule has 0 bridgehead atoms. The predicted molar refractivity (Wildman–Crippen MR) is 80.7 cm³/mol. The lowest BCUT2D eigenvalue weighted by atomic mass is 10.1. The molecule has 0 aliphatic carbocycles. The highest BCUT2D eigenvalue weighted by Crippen LogP contribution is 2.38. The van der Waals surface area contributed by atoms with Gasteiger partial charge in [0.25, 0.3) is 0 Å². The molecule has 0 spiro atoms. The van der Waals surface area contributed by atoms with Crippen LogP contribution in [0.1, 0.15) is 10.5 Å². The maximum atomic E-state index is 11.4. The summed E-state index contributed by atoms with van der Waals surface area (Å²) in [5.41, 5.74) is 2.04. The lowest BCUT2D eigenvalue weighted by molar-refractivity contribution is 0.0692. The smallest absolute Gasteiger partial charge is 0.353 e. The molecule has 3 rings (SSSR count). The second kappa shape index (κ2) is 4.84. The van der Waals surface area contributed by atoms with Gasteiger partial charge in [-0.15, -0.1) is 0 Å². The van der Waals surface area contributed by atoms with E-state index in [9.17, 15) is 9.90 Å². The molecule has 102 valence electrons. The van der Waals surface area contributed by atoms with Gasteiger partial charge in [-0.05, 0) is 39.7 Å². The number of nitrogens with one attached hydrogen (secondary N) is 1. The molecule has 0 saturated heterocycles. The first-order valence-electron chi connectivity index (χ1n) is 5.46. The van der Waals surface area contributed by atoms with Gasteiger partial charge in [0.05, 0.1) is 10.0 Å². The van der Waals surface area contributed by atoms with Crippen molar-refractivity contribution in [2.45, 2.75) is 0 Å². The molecular formula is C13H6BrCl2NO3. The fourth-order valence-electron chi connectivity index (χ4n) is 2.07. The molecule has 0 radical (unpaired) electrons. The quantitative estimate of drug-likeness (QED) is 0.648. The first-order chi connectivity index (χ1) is 9.47. The first kappa shape index (κ1) is 13.5. The van der Waals surface area contributed by atoms with E-state index >= 15 is 0 Å². The van der Waals surface area contributed by atoms with Gasteiger partial charge in [-0.2, -0.15) is 0 Å². The minimum Gasteiger partial charge on any atom is -0.477 e. The Morgan fingerprint density at radius 2 is 1.90 bits per heavy atom. The van der Waals surface area contributed by atoms with E-state index in [0.29, 0.717) is 36.7 Å². The number of carboxylic acids is 1. The van der Waals surface area contributed by atoms with Gasteiger partial charge in [-0.1, -0.05) is 23.2 Å². The van der Waals surface area contributed by atoms with Crippen LogP contribution in [0.2, 0.25) is 10.0 Å². The largest absolute Gasteiger partial charge is 0.477 e. The van der Waals surface area contributed by atoms with Crippen molar-refractivity contribution >= 4 is 56.2 Å². The Balaban J connectivity index is 2.38. The minimum absolute atomic E-state index is 0.0263. The first-order valence-corrected chi connectivity index (χ1v) is 7.00. The standard InChI is InChI=1S/C13H6BrCl2NO3/c14-8-4-20-12-9(11(13(18)19)17-10(8)12)5-1-6(15)3-7(16)2-5/h1-4,17H,(H,18,19). The van der Waals surface area contributed by atoms with Crippen molar-refractivity contribution in [1.82, 2.24) is 4.98 Å². The van der Waals surface area contributed by atoms with Crippen LogP contribution in [0.15, 0.2) is 33.4 Å². The number of aromatic amines is 1. The average Bonchev–Trinajstić information content (AvgIpc) is 2.88. The van der Waals surface area contributed by atoms with E-state index in [1.54, 1.807) is 18.2 Å². The third kappa shape index (κ3) is 2.12. The molecule has 3 aromatic rings. The molecule has 1 aromatic carbocycles. The Morgan fingerprint density at radius 3 is 2.50 bits per heavy atom. The number of carbonyl (C=O) groups is 1. The van der Waals surface area contributed by atoms with Crippen molar-refractivity contribution in [2.24, 2.45) is 0 Å². The molecular weight excluding hydrogens is 369 g/mol. The summed E-state index contributed by atoms with van der Waals surface area (Å²) in [6, 6.07) is 4.85. The summed E-state index contributed by atoms with van der Waals surface area (Å²) in [5.74, 6) is -1.09. The highest BCUT2D eigenvalue weighted by atomic mass is 79.9. The number of aromatic nitrogens is 1. The summed E-state index contributed by atoms with van der Waals surface area (Å²) in [6.07, 6.45) is 1.49. The molecule has 0 aliphatic heterocycles. The van der Waals surface area contributed by atoms with Crippen LogP contribution in [0.5, 0.6) is 0 Å². The van der Waals surface area contributed by atoms with Crippen molar-refractivity contribution in [3.8, 4) is 11.1 Å². The van der Waals surface area contributed by atoms with E-state index in [1.165, 1.54) is 6.26 Å². The minimum atomic E-state index is -1.09. The van der Waals surface area contributed by atoms with Gasteiger partial charge in [0.2, 0.25) is 0 Å². The van der Waals surface area contributed by atoms with Crippen LogP contribution >= 0.6 is 39.1 Å². The van der Waals surface area contributed by atoms with E-state index in [0.717, 1.165) is 0 Å². The Hall–Kier alpha value is -1.43. The van der Waals surface area contributed by atoms with E-state index in [1.807, 2.05) is 0 Å². The number of furan rings is 1. The Kier molecular flexibility index (Phi) is 3.28. The van der Waals surface area contributed by atoms with Crippen LogP contribution in [0.3, 0.4) is 0 Å². The Morgan fingerprint density at radius 1 is 1.25 bits per heavy atom. The molecule has 0 amide bonds. The van der Waals surface area contributed by atoms with Crippen molar-refractivity contribution in [3.63, 3.8) is 0 Å². The van der Waals surface area contributed by atoms with E-state index in [4.69, 9.17) is 27.6 Å². The average molecular weight is 375 g/mol. The molecule has 0 saturated carbocycles. The monoisotopic (exact) mass is 373 g/mol. The topological polar surface area (TPSA) is 66.2 Å². The van der Waals surface area contributed by atoms with Crippen LogP contribution < -0.4 is 0 Å². The second-order valence-electron chi connectivity index (χ2n) is 4.13. The van der Waals surface area contributed by atoms with E-state index in [2.05, 4.69) is 20.9 Å². The molecule has 0 aliphatic rings. The molecule has 2 heterocycles. The molecule has 7 heteroatoms. The van der Waals surface area contributed by atoms with Crippen LogP contribution in [0.4, 0.5) is 0 Å². The van der Waals surface area contributed by atoms with Crippen molar-refractivity contribution < 1.29 is 14.3 Å². The third-order valence-electron chi connectivity index (χ3n) is 2.84. The van der Waals surface area contributed by atoms with Gasteiger partial charge in [-0.25, -0.2) is 4.79 Å². The number of halogens is 3. The fourth-order valence-corrected chi connectivity index (χ4v) is 2.97. The summed E-state index contributed by atoms with van der Waals surface area (Å²) in [5, 5.41) is 10.2. The van der Waals surface area contributed by atoms with Crippen molar-refractivity contribution in [3.05, 3.63) is 44.7 Å². The zero-order valence-electron chi connectivity index (χ0n) is 9.71. The second-order valence-corrected chi connectivity index (χ2v) is 5.85. The maximum absolute atomic E-state index is 11.4. The summed E-state index contributed by atoms with van der Waals surface area (Å²) >= 11 is 15.2. The lowest BCUT2D eigenvalue weighted by Gasteiger charge is -2.03. The Labute approximate surface area is 131 Å². The number of hydrogen-bond acceptors (Lipinski definition) is 2. The molecule has 0 fully saturated rings. The number of H-pyrrole nitrogens is 1. The van der Waals surface area contributed by atoms with E-state index in [-0.39, 0.29) is 5.69 Å². The number of benzene rings is 1. The summed E-state index contributed by atoms with van der Waals surface area (Å²) in [4.78, 5) is 14.2. The summed E-state index contributed by atoms with van der Waals surface area (Å²) in [6.45, 7) is 0. The van der Waals surface area contributed by atoms with Gasteiger partial charge >= 0.3 is 5.97 Å². The van der Waals surface area contributed by atoms with Crippen molar-refractivity contribution in [1.29, 1.82) is 0 Å². The molecule has 0 atom stereocenters. The maximum Gasteiger partial charge on any atom is 0.353 e. The predicted octanol–water partition coefficient (Wildman–Crippen LogP) is 5.20. The summed E-state index contributed by atoms with van der Waals surface area (Å²) < 4.78 is 6.06. The zero-order valence-corrected chi connectivity index (χ0v) is 12.8. The van der Waals surface area contributed by atoms with Gasteiger partial charge < -0.3 is 14.5 Å². The normalized spacial score (nSPS) is 11.2. The zero-order chi connectivity index (χ0) is 14.4. The number of aromatic carboxylic acids is 1. The Bertz CT molecular complexity index is 817. The van der Waals surface area contributed by atoms with Gasteiger partial charge in [0, 0.05) is 10.0 Å². The molecule has 2 aromatic heterocycles. The lowest BCUT2D eigenvalue weighted by Crippen LogP contribution is -1.99. The molecule has 0 unspecified atom stereocenters. The number of hydrogen-bond donors (Lipinski definition) is 2. The summed E-state index contributed by atoms with van der Waals surface area (Å²) in [7, 11) is 0. The van der Waals surface area contributed by atoms with Crippen LogP contribution in [-0.2, 0) is 0 Å². The third-order valence-corrected chi connectivity index (χ3v) is 3.86. The highest BCUT2D eigenvalue weighted by Gasteiger charge is 2.23.